The lowest BCUT2D eigenvalue weighted by molar-refractivity contribution is 0.0995. The first-order valence-electron chi connectivity index (χ1n) is 5.80. The van der Waals surface area contributed by atoms with Gasteiger partial charge in [-0.25, -0.2) is 0 Å². The second kappa shape index (κ2) is 5.33. The van der Waals surface area contributed by atoms with E-state index in [9.17, 15) is 9.59 Å². The minimum absolute atomic E-state index is 0.0214. The lowest BCUT2D eigenvalue weighted by Crippen LogP contribution is -2.18. The molecule has 0 aliphatic carbocycles. The SMILES string of the molecule is CCn1cc(Cl)c(C(=O)Nc2cn(C)nc2C(N)=O)n1. The van der Waals surface area contributed by atoms with Gasteiger partial charge in [-0.2, -0.15) is 10.2 Å². The molecular formula is C11H13ClN6O2. The Morgan fingerprint density at radius 1 is 1.35 bits per heavy atom. The first kappa shape index (κ1) is 14.1. The molecule has 106 valence electrons. The van der Waals surface area contributed by atoms with Crippen LogP contribution in [-0.2, 0) is 13.6 Å². The molecule has 0 saturated heterocycles. The number of carbonyl (C=O) groups is 2. The van der Waals surface area contributed by atoms with E-state index in [1.54, 1.807) is 13.2 Å². The van der Waals surface area contributed by atoms with E-state index >= 15 is 0 Å². The van der Waals surface area contributed by atoms with Gasteiger partial charge < -0.3 is 11.1 Å². The Kier molecular flexibility index (Phi) is 3.75. The van der Waals surface area contributed by atoms with Crippen LogP contribution in [0.3, 0.4) is 0 Å². The molecule has 0 atom stereocenters. The molecule has 0 aliphatic heterocycles. The molecule has 0 aliphatic rings. The van der Waals surface area contributed by atoms with Crippen LogP contribution in [0.5, 0.6) is 0 Å². The van der Waals surface area contributed by atoms with Crippen LogP contribution in [0.25, 0.3) is 0 Å². The van der Waals surface area contributed by atoms with Gasteiger partial charge in [-0.1, -0.05) is 11.6 Å². The highest BCUT2D eigenvalue weighted by Crippen LogP contribution is 2.18. The van der Waals surface area contributed by atoms with E-state index in [-0.39, 0.29) is 22.1 Å². The number of primary amides is 1. The van der Waals surface area contributed by atoms with Crippen LogP contribution in [0.4, 0.5) is 5.69 Å². The largest absolute Gasteiger partial charge is 0.364 e. The third-order valence-electron chi connectivity index (χ3n) is 2.57. The summed E-state index contributed by atoms with van der Waals surface area (Å²) in [5, 5.41) is 10.7. The van der Waals surface area contributed by atoms with E-state index in [0.717, 1.165) is 0 Å². The zero-order chi connectivity index (χ0) is 14.9. The topological polar surface area (TPSA) is 108 Å². The molecule has 0 bridgehead atoms. The summed E-state index contributed by atoms with van der Waals surface area (Å²) in [6, 6.07) is 0. The quantitative estimate of drug-likeness (QED) is 0.863. The maximum atomic E-state index is 12.1. The molecule has 9 heteroatoms. The molecule has 0 saturated carbocycles. The van der Waals surface area contributed by atoms with Gasteiger partial charge >= 0.3 is 0 Å². The Morgan fingerprint density at radius 2 is 2.05 bits per heavy atom. The Morgan fingerprint density at radius 3 is 2.60 bits per heavy atom. The van der Waals surface area contributed by atoms with Crippen molar-refractivity contribution in [2.45, 2.75) is 13.5 Å². The third-order valence-corrected chi connectivity index (χ3v) is 2.84. The molecule has 2 amide bonds. The number of halogens is 1. The first-order valence-corrected chi connectivity index (χ1v) is 6.18. The molecule has 2 rings (SSSR count). The number of nitrogens with zero attached hydrogens (tertiary/aromatic N) is 4. The Balaban J connectivity index is 2.27. The smallest absolute Gasteiger partial charge is 0.277 e. The third kappa shape index (κ3) is 2.64. The van der Waals surface area contributed by atoms with Crippen molar-refractivity contribution in [3.63, 3.8) is 0 Å². The molecule has 0 spiro atoms. The predicted octanol–water partition coefficient (Wildman–Crippen LogP) is 0.641. The van der Waals surface area contributed by atoms with E-state index in [1.807, 2.05) is 6.92 Å². The standard InChI is InChI=1S/C11H13ClN6O2/c1-3-18-4-6(12)8(16-18)11(20)14-7-5-17(2)15-9(7)10(13)19/h4-5H,3H2,1-2H3,(H2,13,19)(H,14,20). The average Bonchev–Trinajstić information content (AvgIpc) is 2.92. The number of rotatable bonds is 4. The van der Waals surface area contributed by atoms with Gasteiger partial charge in [0.15, 0.2) is 11.4 Å². The number of hydrogen-bond donors (Lipinski definition) is 2. The van der Waals surface area contributed by atoms with Crippen LogP contribution in [-0.4, -0.2) is 31.4 Å². The normalized spacial score (nSPS) is 10.6. The average molecular weight is 297 g/mol. The van der Waals surface area contributed by atoms with E-state index in [4.69, 9.17) is 17.3 Å². The summed E-state index contributed by atoms with van der Waals surface area (Å²) in [7, 11) is 1.61. The highest BCUT2D eigenvalue weighted by atomic mass is 35.5. The number of nitrogens with two attached hydrogens (primary N) is 1. The van der Waals surface area contributed by atoms with Gasteiger partial charge in [0.05, 0.1) is 10.7 Å². The molecular weight excluding hydrogens is 284 g/mol. The van der Waals surface area contributed by atoms with Crippen molar-refractivity contribution in [3.8, 4) is 0 Å². The van der Waals surface area contributed by atoms with Crippen molar-refractivity contribution >= 4 is 29.1 Å². The second-order valence-electron chi connectivity index (χ2n) is 4.06. The molecule has 0 fully saturated rings. The van der Waals surface area contributed by atoms with Crippen LogP contribution < -0.4 is 11.1 Å². The van der Waals surface area contributed by atoms with Crippen LogP contribution >= 0.6 is 11.6 Å². The van der Waals surface area contributed by atoms with Crippen molar-refractivity contribution in [1.82, 2.24) is 19.6 Å². The van der Waals surface area contributed by atoms with Crippen molar-refractivity contribution in [3.05, 3.63) is 28.8 Å². The molecule has 3 N–H and O–H groups in total. The van der Waals surface area contributed by atoms with Crippen molar-refractivity contribution in [1.29, 1.82) is 0 Å². The van der Waals surface area contributed by atoms with Crippen molar-refractivity contribution in [2.24, 2.45) is 12.8 Å². The van der Waals surface area contributed by atoms with Crippen molar-refractivity contribution < 1.29 is 9.59 Å². The molecule has 2 heterocycles. The number of aryl methyl sites for hydroxylation is 2. The van der Waals surface area contributed by atoms with E-state index < -0.39 is 11.8 Å². The number of carbonyl (C=O) groups excluding carboxylic acids is 2. The zero-order valence-corrected chi connectivity index (χ0v) is 11.7. The van der Waals surface area contributed by atoms with Crippen LogP contribution in [0.15, 0.2) is 12.4 Å². The highest BCUT2D eigenvalue weighted by molar-refractivity contribution is 6.34. The Hall–Kier alpha value is -2.35. The Bertz CT molecular complexity index is 675. The van der Waals surface area contributed by atoms with Gasteiger partial charge in [0, 0.05) is 26.0 Å². The van der Waals surface area contributed by atoms with Gasteiger partial charge in [0.1, 0.15) is 0 Å². The Labute approximate surface area is 119 Å². The summed E-state index contributed by atoms with van der Waals surface area (Å²) in [5.74, 6) is -1.26. The highest BCUT2D eigenvalue weighted by Gasteiger charge is 2.20. The summed E-state index contributed by atoms with van der Waals surface area (Å²) in [5.41, 5.74) is 5.46. The fraction of sp³-hybridized carbons (Fsp3) is 0.273. The zero-order valence-electron chi connectivity index (χ0n) is 10.9. The summed E-state index contributed by atoms with van der Waals surface area (Å²) >= 11 is 5.94. The van der Waals surface area contributed by atoms with Crippen LogP contribution in [0.2, 0.25) is 5.02 Å². The number of aromatic nitrogens is 4. The molecule has 0 aromatic carbocycles. The van der Waals surface area contributed by atoms with E-state index in [1.165, 1.54) is 15.6 Å². The number of hydrogen-bond acceptors (Lipinski definition) is 4. The molecule has 2 aromatic rings. The van der Waals surface area contributed by atoms with Crippen LogP contribution in [0.1, 0.15) is 27.9 Å². The lowest BCUT2D eigenvalue weighted by Gasteiger charge is -2.01. The summed E-state index contributed by atoms with van der Waals surface area (Å²) in [6.45, 7) is 2.46. The number of nitrogens with one attached hydrogen (secondary N) is 1. The monoisotopic (exact) mass is 296 g/mol. The molecule has 8 nitrogen and oxygen atoms in total. The molecule has 2 aromatic heterocycles. The van der Waals surface area contributed by atoms with E-state index in [0.29, 0.717) is 6.54 Å². The fourth-order valence-corrected chi connectivity index (χ4v) is 1.89. The molecule has 0 radical (unpaired) electrons. The van der Waals surface area contributed by atoms with Crippen LogP contribution in [0, 0.1) is 0 Å². The minimum Gasteiger partial charge on any atom is -0.364 e. The predicted molar refractivity (Wildman–Crippen MR) is 72.6 cm³/mol. The number of anilines is 1. The molecule has 20 heavy (non-hydrogen) atoms. The second-order valence-corrected chi connectivity index (χ2v) is 4.47. The van der Waals surface area contributed by atoms with Gasteiger partial charge in [0.25, 0.3) is 11.8 Å². The van der Waals surface area contributed by atoms with E-state index in [2.05, 4.69) is 15.5 Å². The minimum atomic E-state index is -0.730. The lowest BCUT2D eigenvalue weighted by atomic mass is 10.3. The van der Waals surface area contributed by atoms with Gasteiger partial charge in [-0.3, -0.25) is 19.0 Å². The molecule has 0 unspecified atom stereocenters. The summed E-state index contributed by atoms with van der Waals surface area (Å²) < 4.78 is 2.91. The van der Waals surface area contributed by atoms with Gasteiger partial charge in [-0.05, 0) is 6.92 Å². The maximum Gasteiger partial charge on any atom is 0.277 e. The maximum absolute atomic E-state index is 12.1. The number of amides is 2. The fourth-order valence-electron chi connectivity index (χ4n) is 1.66. The summed E-state index contributed by atoms with van der Waals surface area (Å²) in [6.07, 6.45) is 3.03. The summed E-state index contributed by atoms with van der Waals surface area (Å²) in [4.78, 5) is 23.3. The van der Waals surface area contributed by atoms with Gasteiger partial charge in [0.2, 0.25) is 0 Å². The van der Waals surface area contributed by atoms with Gasteiger partial charge in [-0.15, -0.1) is 0 Å². The van der Waals surface area contributed by atoms with Crippen molar-refractivity contribution in [2.75, 3.05) is 5.32 Å². The first-order chi connectivity index (χ1) is 9.42.